The summed E-state index contributed by atoms with van der Waals surface area (Å²) in [7, 11) is 2.24. The Morgan fingerprint density at radius 2 is 2.00 bits per heavy atom. The van der Waals surface area contributed by atoms with E-state index in [1.54, 1.807) is 6.26 Å². The maximum absolute atomic E-state index is 5.51. The highest BCUT2D eigenvalue weighted by molar-refractivity contribution is 5.30. The second-order valence-electron chi connectivity index (χ2n) is 6.95. The zero-order valence-electron chi connectivity index (χ0n) is 13.7. The molecule has 0 N–H and O–H groups in total. The fourth-order valence-corrected chi connectivity index (χ4v) is 4.32. The van der Waals surface area contributed by atoms with Gasteiger partial charge in [0.2, 0.25) is 5.95 Å². The molecular weight excluding hydrogens is 288 g/mol. The molecule has 1 spiro atoms. The molecule has 0 amide bonds. The predicted molar refractivity (Wildman–Crippen MR) is 89.1 cm³/mol. The first-order valence-electron chi connectivity index (χ1n) is 8.51. The Balaban J connectivity index is 1.38. The van der Waals surface area contributed by atoms with Gasteiger partial charge in [0.1, 0.15) is 5.76 Å². The number of hydrogen-bond acceptors (Lipinski definition) is 5. The molecule has 2 fully saturated rings. The molecule has 0 unspecified atom stereocenters. The zero-order chi connectivity index (χ0) is 15.7. The molecule has 1 aliphatic carbocycles. The van der Waals surface area contributed by atoms with Crippen LogP contribution in [0.3, 0.4) is 0 Å². The fourth-order valence-electron chi connectivity index (χ4n) is 4.32. The minimum absolute atomic E-state index is 0.479. The second-order valence-corrected chi connectivity index (χ2v) is 6.95. The highest BCUT2D eigenvalue weighted by atomic mass is 16.3. The van der Waals surface area contributed by atoms with Crippen LogP contribution in [0.15, 0.2) is 41.3 Å². The van der Waals surface area contributed by atoms with Crippen LogP contribution in [0.2, 0.25) is 0 Å². The second kappa shape index (κ2) is 5.96. The summed E-state index contributed by atoms with van der Waals surface area (Å²) in [6, 6.07) is 6.59. The lowest BCUT2D eigenvalue weighted by Crippen LogP contribution is -2.58. The summed E-state index contributed by atoms with van der Waals surface area (Å²) in [5.74, 6) is 1.94. The first-order valence-corrected chi connectivity index (χ1v) is 8.51. The number of nitrogens with zero attached hydrogens (tertiary/aromatic N) is 4. The van der Waals surface area contributed by atoms with E-state index < -0.39 is 0 Å². The number of rotatable bonds is 4. The molecule has 2 aliphatic rings. The van der Waals surface area contributed by atoms with E-state index in [1.807, 2.05) is 24.5 Å². The van der Waals surface area contributed by atoms with Crippen molar-refractivity contribution in [2.24, 2.45) is 5.41 Å². The zero-order valence-corrected chi connectivity index (χ0v) is 13.7. The lowest BCUT2D eigenvalue weighted by atomic mass is 9.59. The third-order valence-corrected chi connectivity index (χ3v) is 5.73. The van der Waals surface area contributed by atoms with Gasteiger partial charge in [0.05, 0.1) is 12.8 Å². The summed E-state index contributed by atoms with van der Waals surface area (Å²) in [5.41, 5.74) is 0.479. The van der Waals surface area contributed by atoms with Crippen molar-refractivity contribution in [3.05, 3.63) is 42.6 Å². The fraction of sp³-hybridized carbons (Fsp3) is 0.556. The summed E-state index contributed by atoms with van der Waals surface area (Å²) in [6.07, 6.45) is 10.5. The molecular formula is C18H24N4O. The molecule has 1 atom stereocenters. The molecule has 2 aromatic heterocycles. The third kappa shape index (κ3) is 2.74. The van der Waals surface area contributed by atoms with Crippen LogP contribution >= 0.6 is 0 Å². The minimum atomic E-state index is 0.479. The van der Waals surface area contributed by atoms with E-state index in [1.165, 1.54) is 25.7 Å². The Labute approximate surface area is 137 Å². The summed E-state index contributed by atoms with van der Waals surface area (Å²) in [6.45, 7) is 3.04. The smallest absolute Gasteiger partial charge is 0.225 e. The van der Waals surface area contributed by atoms with Crippen molar-refractivity contribution < 1.29 is 4.42 Å². The van der Waals surface area contributed by atoms with Gasteiger partial charge in [-0.15, -0.1) is 0 Å². The summed E-state index contributed by atoms with van der Waals surface area (Å²) in [4.78, 5) is 13.6. The molecule has 23 heavy (non-hydrogen) atoms. The lowest BCUT2D eigenvalue weighted by Gasteiger charge is -2.56. The Hall–Kier alpha value is -1.88. The third-order valence-electron chi connectivity index (χ3n) is 5.73. The average molecular weight is 312 g/mol. The topological polar surface area (TPSA) is 45.4 Å². The number of aromatic nitrogens is 2. The van der Waals surface area contributed by atoms with Crippen molar-refractivity contribution in [1.29, 1.82) is 0 Å². The monoisotopic (exact) mass is 312 g/mol. The largest absolute Gasteiger partial charge is 0.468 e. The molecule has 3 heterocycles. The van der Waals surface area contributed by atoms with Crippen LogP contribution in [0.1, 0.15) is 31.4 Å². The van der Waals surface area contributed by atoms with Crippen molar-refractivity contribution in [3.8, 4) is 0 Å². The SMILES string of the molecule is CN(Cc1ccco1)[C@@H]1CCC12CCN(c1ncccn1)CC2. The van der Waals surface area contributed by atoms with E-state index in [2.05, 4.69) is 32.9 Å². The molecule has 1 saturated carbocycles. The van der Waals surface area contributed by atoms with Crippen LogP contribution in [-0.4, -0.2) is 41.0 Å². The van der Waals surface area contributed by atoms with Crippen molar-refractivity contribution in [2.45, 2.75) is 38.3 Å². The maximum atomic E-state index is 5.51. The van der Waals surface area contributed by atoms with Gasteiger partial charge in [0.15, 0.2) is 0 Å². The van der Waals surface area contributed by atoms with E-state index >= 15 is 0 Å². The van der Waals surface area contributed by atoms with Gasteiger partial charge in [-0.3, -0.25) is 4.90 Å². The van der Waals surface area contributed by atoms with Crippen molar-refractivity contribution in [2.75, 3.05) is 25.0 Å². The normalized spacial score (nSPS) is 23.2. The predicted octanol–water partition coefficient (Wildman–Crippen LogP) is 2.95. The van der Waals surface area contributed by atoms with Crippen molar-refractivity contribution in [1.82, 2.24) is 14.9 Å². The Morgan fingerprint density at radius 1 is 1.22 bits per heavy atom. The van der Waals surface area contributed by atoms with Gasteiger partial charge >= 0.3 is 0 Å². The molecule has 0 aromatic carbocycles. The Bertz CT molecular complexity index is 620. The van der Waals surface area contributed by atoms with Crippen molar-refractivity contribution >= 4 is 5.95 Å². The molecule has 2 aromatic rings. The first-order chi connectivity index (χ1) is 11.3. The number of piperidine rings is 1. The molecule has 0 radical (unpaired) electrons. The van der Waals surface area contributed by atoms with Crippen LogP contribution < -0.4 is 4.90 Å². The number of anilines is 1. The molecule has 1 saturated heterocycles. The quantitative estimate of drug-likeness (QED) is 0.868. The Morgan fingerprint density at radius 3 is 2.61 bits per heavy atom. The summed E-state index contributed by atoms with van der Waals surface area (Å²) in [5, 5.41) is 0. The molecule has 5 nitrogen and oxygen atoms in total. The van der Waals surface area contributed by atoms with E-state index in [0.29, 0.717) is 11.5 Å². The number of hydrogen-bond donors (Lipinski definition) is 0. The summed E-state index contributed by atoms with van der Waals surface area (Å²) >= 11 is 0. The van der Waals surface area contributed by atoms with Crippen LogP contribution in [0.5, 0.6) is 0 Å². The van der Waals surface area contributed by atoms with Gasteiger partial charge in [-0.25, -0.2) is 9.97 Å². The molecule has 0 bridgehead atoms. The van der Waals surface area contributed by atoms with Crippen LogP contribution in [0.4, 0.5) is 5.95 Å². The van der Waals surface area contributed by atoms with Crippen LogP contribution in [-0.2, 0) is 6.54 Å². The average Bonchev–Trinajstić information content (AvgIpc) is 3.07. The molecule has 1 aliphatic heterocycles. The van der Waals surface area contributed by atoms with E-state index in [-0.39, 0.29) is 0 Å². The van der Waals surface area contributed by atoms with Gasteiger partial charge in [-0.05, 0) is 56.3 Å². The van der Waals surface area contributed by atoms with Gasteiger partial charge in [0.25, 0.3) is 0 Å². The van der Waals surface area contributed by atoms with E-state index in [9.17, 15) is 0 Å². The maximum Gasteiger partial charge on any atom is 0.225 e. The first kappa shape index (κ1) is 14.7. The minimum Gasteiger partial charge on any atom is -0.468 e. The van der Waals surface area contributed by atoms with Gasteiger partial charge in [0, 0.05) is 31.5 Å². The standard InChI is InChI=1S/C18H24N4O/c1-21(14-15-4-2-13-23-15)16-5-6-18(16)7-11-22(12-8-18)17-19-9-3-10-20-17/h2-4,9-10,13,16H,5-8,11-12,14H2,1H3/t16-/m1/s1. The highest BCUT2D eigenvalue weighted by Gasteiger charge is 2.49. The molecule has 5 heteroatoms. The van der Waals surface area contributed by atoms with E-state index in [4.69, 9.17) is 4.42 Å². The Kier molecular flexibility index (Phi) is 3.81. The number of furan rings is 1. The van der Waals surface area contributed by atoms with Crippen molar-refractivity contribution in [3.63, 3.8) is 0 Å². The van der Waals surface area contributed by atoms with E-state index in [0.717, 1.165) is 31.3 Å². The van der Waals surface area contributed by atoms with Crippen LogP contribution in [0, 0.1) is 5.41 Å². The molecule has 4 rings (SSSR count). The molecule has 122 valence electrons. The summed E-state index contributed by atoms with van der Waals surface area (Å²) < 4.78 is 5.51. The van der Waals surface area contributed by atoms with Gasteiger partial charge in [-0.2, -0.15) is 0 Å². The lowest BCUT2D eigenvalue weighted by molar-refractivity contribution is -0.0384. The highest BCUT2D eigenvalue weighted by Crippen LogP contribution is 2.51. The van der Waals surface area contributed by atoms with Gasteiger partial charge < -0.3 is 9.32 Å². The van der Waals surface area contributed by atoms with Crippen LogP contribution in [0.25, 0.3) is 0 Å². The van der Waals surface area contributed by atoms with Gasteiger partial charge in [-0.1, -0.05) is 0 Å².